The quantitative estimate of drug-likeness (QED) is 0.380. The van der Waals surface area contributed by atoms with Crippen molar-refractivity contribution in [1.29, 1.82) is 0 Å². The zero-order chi connectivity index (χ0) is 24.7. The van der Waals surface area contributed by atoms with E-state index >= 15 is 0 Å². The number of fused-ring (bicyclic) bond motifs is 1. The molecule has 184 valence electrons. The van der Waals surface area contributed by atoms with Crippen LogP contribution in [0.5, 0.6) is 5.75 Å². The molecule has 0 bridgehead atoms. The van der Waals surface area contributed by atoms with Crippen molar-refractivity contribution >= 4 is 16.7 Å². The highest BCUT2D eigenvalue weighted by Crippen LogP contribution is 2.32. The molecule has 5 rings (SSSR count). The lowest BCUT2D eigenvalue weighted by atomic mass is 9.79. The molecule has 0 aliphatic carbocycles. The number of carbonyl (C=O) groups excluding carboxylic acids is 1. The van der Waals surface area contributed by atoms with Crippen LogP contribution in [0.4, 0.5) is 0 Å². The number of hydrogen-bond donors (Lipinski definition) is 1. The number of nitrogens with zero attached hydrogens (tertiary/aromatic N) is 3. The third kappa shape index (κ3) is 5.61. The topological polar surface area (TPSA) is 75.6 Å². The van der Waals surface area contributed by atoms with Crippen LogP contribution in [0.15, 0.2) is 91.4 Å². The second-order valence-electron chi connectivity index (χ2n) is 9.39. The molecule has 36 heavy (non-hydrogen) atoms. The molecule has 2 aromatic carbocycles. The highest BCUT2D eigenvalue weighted by molar-refractivity contribution is 5.91. The van der Waals surface area contributed by atoms with Gasteiger partial charge in [-0.2, -0.15) is 0 Å². The van der Waals surface area contributed by atoms with Crippen molar-refractivity contribution in [3.8, 4) is 5.75 Å². The van der Waals surface area contributed by atoms with Crippen LogP contribution in [-0.2, 0) is 4.79 Å². The normalized spacial score (nSPS) is 16.5. The van der Waals surface area contributed by atoms with Crippen molar-refractivity contribution in [2.24, 2.45) is 5.92 Å². The third-order valence-electron chi connectivity index (χ3n) is 6.95. The van der Waals surface area contributed by atoms with Gasteiger partial charge in [0.25, 0.3) is 0 Å². The lowest BCUT2D eigenvalue weighted by molar-refractivity contribution is -0.125. The molecule has 0 radical (unpaired) electrons. The lowest BCUT2D eigenvalue weighted by Gasteiger charge is -2.34. The van der Waals surface area contributed by atoms with Crippen molar-refractivity contribution in [3.63, 3.8) is 0 Å². The van der Waals surface area contributed by atoms with Crippen molar-refractivity contribution in [1.82, 2.24) is 14.9 Å². The number of aliphatic hydroxyl groups excluding tert-OH is 1. The van der Waals surface area contributed by atoms with Gasteiger partial charge >= 0.3 is 0 Å². The molecular formula is C30H31N3O3. The summed E-state index contributed by atoms with van der Waals surface area (Å²) in [5.74, 6) is 0.712. The highest BCUT2D eigenvalue weighted by Gasteiger charge is 2.32. The number of ketones is 1. The van der Waals surface area contributed by atoms with Gasteiger partial charge in [-0.1, -0.05) is 36.4 Å². The second-order valence-corrected chi connectivity index (χ2v) is 9.39. The van der Waals surface area contributed by atoms with Crippen LogP contribution in [0, 0.1) is 5.92 Å². The summed E-state index contributed by atoms with van der Waals surface area (Å²) in [6.07, 6.45) is 6.22. The smallest absolute Gasteiger partial charge is 0.147 e. The van der Waals surface area contributed by atoms with E-state index in [1.54, 1.807) is 18.6 Å². The average molecular weight is 482 g/mol. The van der Waals surface area contributed by atoms with Gasteiger partial charge in [-0.15, -0.1) is 0 Å². The Morgan fingerprint density at radius 2 is 1.67 bits per heavy atom. The molecule has 2 aromatic heterocycles. The van der Waals surface area contributed by atoms with Crippen molar-refractivity contribution in [2.45, 2.75) is 24.9 Å². The first-order chi connectivity index (χ1) is 17.7. The molecule has 3 heterocycles. The number of aromatic nitrogens is 2. The van der Waals surface area contributed by atoms with E-state index in [-0.39, 0.29) is 24.2 Å². The number of piperidine rings is 1. The molecule has 1 saturated heterocycles. The van der Waals surface area contributed by atoms with Gasteiger partial charge in [-0.25, -0.2) is 0 Å². The number of benzene rings is 2. The fourth-order valence-corrected chi connectivity index (χ4v) is 5.10. The van der Waals surface area contributed by atoms with Gasteiger partial charge < -0.3 is 14.7 Å². The Labute approximate surface area is 211 Å². The number of Topliss-reactive ketones (excluding diaryl/α,β-unsaturated/α-hetero) is 1. The Morgan fingerprint density at radius 1 is 0.917 bits per heavy atom. The van der Waals surface area contributed by atoms with E-state index in [4.69, 9.17) is 4.74 Å². The summed E-state index contributed by atoms with van der Waals surface area (Å²) in [6, 6.07) is 23.5. The number of ether oxygens (including phenoxy) is 1. The average Bonchev–Trinajstić information content (AvgIpc) is 2.93. The molecule has 1 aliphatic rings. The molecule has 1 N–H and O–H groups in total. The maximum Gasteiger partial charge on any atom is 0.147 e. The van der Waals surface area contributed by atoms with Gasteiger partial charge in [0.2, 0.25) is 0 Å². The summed E-state index contributed by atoms with van der Waals surface area (Å²) in [5, 5.41) is 11.6. The molecule has 0 spiro atoms. The third-order valence-corrected chi connectivity index (χ3v) is 6.95. The Bertz CT molecular complexity index is 1230. The maximum absolute atomic E-state index is 13.7. The number of pyridine rings is 2. The van der Waals surface area contributed by atoms with Gasteiger partial charge in [-0.3, -0.25) is 14.8 Å². The molecule has 1 aliphatic heterocycles. The van der Waals surface area contributed by atoms with Crippen molar-refractivity contribution in [3.05, 3.63) is 103 Å². The maximum atomic E-state index is 13.7. The number of aliphatic hydroxyl groups is 1. The second kappa shape index (κ2) is 11.4. The van der Waals surface area contributed by atoms with E-state index in [1.807, 2.05) is 72.8 Å². The van der Waals surface area contributed by atoms with E-state index in [9.17, 15) is 9.90 Å². The van der Waals surface area contributed by atoms with Gasteiger partial charge in [0.15, 0.2) is 0 Å². The predicted octanol–water partition coefficient (Wildman–Crippen LogP) is 4.48. The Hall–Kier alpha value is -3.61. The largest absolute Gasteiger partial charge is 0.490 e. The SMILES string of the molecule is O=C(C1CCN(CC(O)COc2cccc3ncccc23)CC1)C(c1ccccc1)c1ccncc1. The van der Waals surface area contributed by atoms with Crippen LogP contribution in [0.2, 0.25) is 0 Å². The van der Waals surface area contributed by atoms with Crippen LogP contribution in [0.25, 0.3) is 10.9 Å². The molecular weight excluding hydrogens is 450 g/mol. The summed E-state index contributed by atoms with van der Waals surface area (Å²) < 4.78 is 5.94. The fraction of sp³-hybridized carbons (Fsp3) is 0.300. The minimum atomic E-state index is -0.613. The van der Waals surface area contributed by atoms with Gasteiger partial charge in [0, 0.05) is 36.4 Å². The summed E-state index contributed by atoms with van der Waals surface area (Å²) in [4.78, 5) is 24.4. The van der Waals surface area contributed by atoms with E-state index in [0.29, 0.717) is 6.54 Å². The van der Waals surface area contributed by atoms with E-state index in [1.165, 1.54) is 0 Å². The van der Waals surface area contributed by atoms with E-state index in [2.05, 4.69) is 14.9 Å². The summed E-state index contributed by atoms with van der Waals surface area (Å²) in [5.41, 5.74) is 2.88. The van der Waals surface area contributed by atoms with Crippen molar-refractivity contribution in [2.75, 3.05) is 26.2 Å². The molecule has 2 unspecified atom stereocenters. The number of β-amino-alcohol motifs (C(OH)–C–C–N with tert-alkyl or cyclic N) is 1. The minimum absolute atomic E-state index is 0.00352. The lowest BCUT2D eigenvalue weighted by Crippen LogP contribution is -2.42. The Morgan fingerprint density at radius 3 is 2.44 bits per heavy atom. The fourth-order valence-electron chi connectivity index (χ4n) is 5.10. The van der Waals surface area contributed by atoms with E-state index < -0.39 is 6.10 Å². The Kier molecular flexibility index (Phi) is 7.64. The van der Waals surface area contributed by atoms with E-state index in [0.717, 1.165) is 53.7 Å². The van der Waals surface area contributed by atoms with Gasteiger partial charge in [0.05, 0.1) is 11.4 Å². The number of hydrogen-bond acceptors (Lipinski definition) is 6. The molecule has 2 atom stereocenters. The summed E-state index contributed by atoms with van der Waals surface area (Å²) >= 11 is 0. The number of carbonyl (C=O) groups is 1. The monoisotopic (exact) mass is 481 g/mol. The number of likely N-dealkylation sites (tertiary alicyclic amines) is 1. The first-order valence-corrected chi connectivity index (χ1v) is 12.5. The first kappa shape index (κ1) is 24.1. The molecule has 4 aromatic rings. The molecule has 6 nitrogen and oxygen atoms in total. The zero-order valence-electron chi connectivity index (χ0n) is 20.2. The van der Waals surface area contributed by atoms with Gasteiger partial charge in [0.1, 0.15) is 24.2 Å². The van der Waals surface area contributed by atoms with Crippen molar-refractivity contribution < 1.29 is 14.6 Å². The summed E-state index contributed by atoms with van der Waals surface area (Å²) in [7, 11) is 0. The van der Waals surface area contributed by atoms with Crippen LogP contribution in [-0.4, -0.2) is 58.1 Å². The Balaban J connectivity index is 1.16. The predicted molar refractivity (Wildman–Crippen MR) is 140 cm³/mol. The summed E-state index contributed by atoms with van der Waals surface area (Å²) in [6.45, 7) is 2.30. The first-order valence-electron chi connectivity index (χ1n) is 12.5. The van der Waals surface area contributed by atoms with Crippen LogP contribution >= 0.6 is 0 Å². The van der Waals surface area contributed by atoms with Crippen LogP contribution < -0.4 is 4.74 Å². The minimum Gasteiger partial charge on any atom is -0.490 e. The zero-order valence-corrected chi connectivity index (χ0v) is 20.2. The van der Waals surface area contributed by atoms with Crippen LogP contribution in [0.3, 0.4) is 0 Å². The molecule has 1 fully saturated rings. The van der Waals surface area contributed by atoms with Crippen LogP contribution in [0.1, 0.15) is 29.9 Å². The highest BCUT2D eigenvalue weighted by atomic mass is 16.5. The molecule has 0 saturated carbocycles. The molecule has 6 heteroatoms. The molecule has 0 amide bonds. The van der Waals surface area contributed by atoms with Gasteiger partial charge in [-0.05, 0) is 73.5 Å². The standard InChI is InChI=1S/C30H31N3O3/c34-25(21-36-28-10-4-9-27-26(28)8-5-15-32-27)20-33-18-13-24(14-19-33)30(35)29(22-6-2-1-3-7-22)23-11-16-31-17-12-23/h1-12,15-17,24-25,29,34H,13-14,18-21H2. The number of rotatable bonds is 9.